The molecule has 0 aliphatic carbocycles. The molecule has 0 atom stereocenters. The van der Waals surface area contributed by atoms with Gasteiger partial charge >= 0.3 is 0 Å². The first-order valence-electron chi connectivity index (χ1n) is 6.46. The van der Waals surface area contributed by atoms with Crippen LogP contribution in [-0.2, 0) is 16.4 Å². The Morgan fingerprint density at radius 2 is 2.05 bits per heavy atom. The summed E-state index contributed by atoms with van der Waals surface area (Å²) in [5.41, 5.74) is 0. The summed E-state index contributed by atoms with van der Waals surface area (Å²) in [5.74, 6) is 0.192. The molecule has 0 aliphatic heterocycles. The fourth-order valence-corrected chi connectivity index (χ4v) is 4.14. The van der Waals surface area contributed by atoms with Gasteiger partial charge in [-0.25, -0.2) is 13.1 Å². The van der Waals surface area contributed by atoms with Gasteiger partial charge in [0.1, 0.15) is 0 Å². The molecule has 0 aromatic carbocycles. The Labute approximate surface area is 128 Å². The standard InChI is InChI=1S/C12H21BrN2O2S2/c1-2-7-14-8-3-10-19(16,17)15-9-6-11-4-5-12(13)18-11/h4-5,14-15H,2-3,6-10H2,1H3. The lowest BCUT2D eigenvalue weighted by atomic mass is 10.3. The van der Waals surface area contributed by atoms with Gasteiger partial charge < -0.3 is 5.32 Å². The maximum absolute atomic E-state index is 11.7. The Bertz CT molecular complexity index is 460. The van der Waals surface area contributed by atoms with E-state index in [1.54, 1.807) is 11.3 Å². The van der Waals surface area contributed by atoms with Gasteiger partial charge in [-0.2, -0.15) is 0 Å². The van der Waals surface area contributed by atoms with Gasteiger partial charge in [-0.1, -0.05) is 6.92 Å². The van der Waals surface area contributed by atoms with Crippen LogP contribution in [0.3, 0.4) is 0 Å². The summed E-state index contributed by atoms with van der Waals surface area (Å²) in [6, 6.07) is 3.99. The van der Waals surface area contributed by atoms with E-state index < -0.39 is 10.0 Å². The Hall–Kier alpha value is 0.0500. The molecule has 7 heteroatoms. The predicted octanol–water partition coefficient (Wildman–Crippen LogP) is 2.36. The quantitative estimate of drug-likeness (QED) is 0.623. The number of sulfonamides is 1. The van der Waals surface area contributed by atoms with Crippen molar-refractivity contribution in [3.63, 3.8) is 0 Å². The fraction of sp³-hybridized carbons (Fsp3) is 0.667. The van der Waals surface area contributed by atoms with Crippen LogP contribution < -0.4 is 10.0 Å². The Kier molecular flexibility index (Phi) is 8.17. The van der Waals surface area contributed by atoms with E-state index in [9.17, 15) is 8.42 Å². The van der Waals surface area contributed by atoms with Gasteiger partial charge in [0.25, 0.3) is 0 Å². The molecule has 0 saturated heterocycles. The zero-order valence-corrected chi connectivity index (χ0v) is 14.3. The molecule has 4 nitrogen and oxygen atoms in total. The first-order chi connectivity index (χ1) is 9.03. The smallest absolute Gasteiger partial charge is 0.211 e. The van der Waals surface area contributed by atoms with Crippen molar-refractivity contribution in [3.05, 3.63) is 20.8 Å². The average Bonchev–Trinajstić information content (AvgIpc) is 2.74. The zero-order chi connectivity index (χ0) is 14.1. The van der Waals surface area contributed by atoms with E-state index in [1.165, 1.54) is 4.88 Å². The van der Waals surface area contributed by atoms with Crippen molar-refractivity contribution in [2.75, 3.05) is 25.4 Å². The highest BCUT2D eigenvalue weighted by atomic mass is 79.9. The minimum atomic E-state index is -3.13. The lowest BCUT2D eigenvalue weighted by Crippen LogP contribution is -2.30. The van der Waals surface area contributed by atoms with Crippen molar-refractivity contribution in [2.45, 2.75) is 26.2 Å². The van der Waals surface area contributed by atoms with Crippen LogP contribution in [0.5, 0.6) is 0 Å². The van der Waals surface area contributed by atoms with Crippen molar-refractivity contribution >= 4 is 37.3 Å². The van der Waals surface area contributed by atoms with Crippen LogP contribution in [0.2, 0.25) is 0 Å². The van der Waals surface area contributed by atoms with E-state index in [1.807, 2.05) is 12.1 Å². The highest BCUT2D eigenvalue weighted by Gasteiger charge is 2.09. The number of hydrogen-bond acceptors (Lipinski definition) is 4. The van der Waals surface area contributed by atoms with Crippen molar-refractivity contribution in [2.24, 2.45) is 0 Å². The number of hydrogen-bond donors (Lipinski definition) is 2. The van der Waals surface area contributed by atoms with E-state index in [0.29, 0.717) is 13.0 Å². The topological polar surface area (TPSA) is 58.2 Å². The highest BCUT2D eigenvalue weighted by Crippen LogP contribution is 2.22. The normalized spacial score (nSPS) is 11.9. The van der Waals surface area contributed by atoms with Crippen LogP contribution in [0.4, 0.5) is 0 Å². The molecule has 1 aromatic heterocycles. The Balaban J connectivity index is 2.16. The van der Waals surface area contributed by atoms with Gasteiger partial charge in [0.15, 0.2) is 0 Å². The lowest BCUT2D eigenvalue weighted by molar-refractivity contribution is 0.575. The summed E-state index contributed by atoms with van der Waals surface area (Å²) in [7, 11) is -3.13. The predicted molar refractivity (Wildman–Crippen MR) is 85.3 cm³/mol. The molecule has 19 heavy (non-hydrogen) atoms. The monoisotopic (exact) mass is 368 g/mol. The molecule has 0 saturated carbocycles. The van der Waals surface area contributed by atoms with Gasteiger partial charge in [0.05, 0.1) is 9.54 Å². The van der Waals surface area contributed by atoms with Crippen LogP contribution in [-0.4, -0.2) is 33.8 Å². The molecule has 0 bridgehead atoms. The average molecular weight is 369 g/mol. The fourth-order valence-electron chi connectivity index (χ4n) is 1.58. The second-order valence-electron chi connectivity index (χ2n) is 4.27. The van der Waals surface area contributed by atoms with Crippen molar-refractivity contribution in [1.82, 2.24) is 10.0 Å². The summed E-state index contributed by atoms with van der Waals surface area (Å²) in [5, 5.41) is 3.20. The summed E-state index contributed by atoms with van der Waals surface area (Å²) in [4.78, 5) is 1.18. The molecule has 0 aliphatic rings. The number of rotatable bonds is 10. The van der Waals surface area contributed by atoms with Crippen molar-refractivity contribution in [3.8, 4) is 0 Å². The van der Waals surface area contributed by atoms with Gasteiger partial charge in [-0.05, 0) is 60.4 Å². The van der Waals surface area contributed by atoms with Gasteiger partial charge in [0, 0.05) is 11.4 Å². The van der Waals surface area contributed by atoms with Gasteiger partial charge in [-0.15, -0.1) is 11.3 Å². The molecule has 0 amide bonds. The molecule has 110 valence electrons. The van der Waals surface area contributed by atoms with Crippen LogP contribution in [0, 0.1) is 0 Å². The molecule has 1 rings (SSSR count). The number of thiophene rings is 1. The van der Waals surface area contributed by atoms with E-state index in [2.05, 4.69) is 32.9 Å². The summed E-state index contributed by atoms with van der Waals surface area (Å²) < 4.78 is 27.1. The first-order valence-corrected chi connectivity index (χ1v) is 9.72. The van der Waals surface area contributed by atoms with E-state index in [4.69, 9.17) is 0 Å². The van der Waals surface area contributed by atoms with Crippen LogP contribution in [0.25, 0.3) is 0 Å². The Morgan fingerprint density at radius 3 is 2.68 bits per heavy atom. The summed E-state index contributed by atoms with van der Waals surface area (Å²) in [6.45, 7) is 4.26. The second kappa shape index (κ2) is 9.07. The van der Waals surface area contributed by atoms with Crippen molar-refractivity contribution < 1.29 is 8.42 Å². The van der Waals surface area contributed by atoms with Crippen LogP contribution >= 0.6 is 27.3 Å². The molecule has 0 unspecified atom stereocenters. The third kappa shape index (κ3) is 8.04. The third-order valence-electron chi connectivity index (χ3n) is 2.52. The van der Waals surface area contributed by atoms with Gasteiger partial charge in [-0.3, -0.25) is 0 Å². The van der Waals surface area contributed by atoms with Gasteiger partial charge in [0.2, 0.25) is 10.0 Å². The van der Waals surface area contributed by atoms with E-state index in [0.717, 1.165) is 29.7 Å². The summed E-state index contributed by atoms with van der Waals surface area (Å²) >= 11 is 5.03. The molecule has 1 aromatic rings. The van der Waals surface area contributed by atoms with Crippen LogP contribution in [0.15, 0.2) is 15.9 Å². The largest absolute Gasteiger partial charge is 0.317 e. The first kappa shape index (κ1) is 17.1. The van der Waals surface area contributed by atoms with E-state index >= 15 is 0 Å². The summed E-state index contributed by atoms with van der Waals surface area (Å²) in [6.07, 6.45) is 2.46. The number of halogens is 1. The third-order valence-corrected chi connectivity index (χ3v) is 5.67. The molecule has 2 N–H and O–H groups in total. The van der Waals surface area contributed by atoms with Crippen LogP contribution in [0.1, 0.15) is 24.6 Å². The minimum absolute atomic E-state index is 0.192. The molecule has 0 radical (unpaired) electrons. The molecule has 0 spiro atoms. The SMILES string of the molecule is CCCNCCCS(=O)(=O)NCCc1ccc(Br)s1. The van der Waals surface area contributed by atoms with Crippen molar-refractivity contribution in [1.29, 1.82) is 0 Å². The van der Waals surface area contributed by atoms with E-state index in [-0.39, 0.29) is 5.75 Å². The lowest BCUT2D eigenvalue weighted by Gasteiger charge is -2.06. The zero-order valence-electron chi connectivity index (χ0n) is 11.1. The molecular weight excluding hydrogens is 348 g/mol. The molecular formula is C12H21BrN2O2S2. The maximum atomic E-state index is 11.7. The maximum Gasteiger partial charge on any atom is 0.211 e. The Morgan fingerprint density at radius 1 is 1.26 bits per heavy atom. The highest BCUT2D eigenvalue weighted by molar-refractivity contribution is 9.11. The second-order valence-corrected chi connectivity index (χ2v) is 8.75. The molecule has 0 fully saturated rings. The minimum Gasteiger partial charge on any atom is -0.317 e. The molecule has 1 heterocycles. The number of nitrogens with one attached hydrogen (secondary N) is 2.